The Labute approximate surface area is 144 Å². The van der Waals surface area contributed by atoms with Crippen LogP contribution in [0.4, 0.5) is 5.95 Å². The quantitative estimate of drug-likeness (QED) is 0.634. The van der Waals surface area contributed by atoms with E-state index in [1.54, 1.807) is 33.1 Å². The van der Waals surface area contributed by atoms with Crippen molar-refractivity contribution in [1.82, 2.24) is 9.97 Å². The molecule has 2 aromatic rings. The molecule has 24 heavy (non-hydrogen) atoms. The van der Waals surface area contributed by atoms with Crippen LogP contribution in [0.5, 0.6) is 5.75 Å². The minimum absolute atomic E-state index is 0.226. The van der Waals surface area contributed by atoms with E-state index >= 15 is 0 Å². The average Bonchev–Trinajstić information content (AvgIpc) is 2.81. The summed E-state index contributed by atoms with van der Waals surface area (Å²) in [7, 11) is 1.60. The number of amidine groups is 1. The van der Waals surface area contributed by atoms with Crippen LogP contribution in [0.15, 0.2) is 41.0 Å². The number of carbonyl (C=O) groups excluding carboxylic acids is 1. The number of anilines is 1. The first kappa shape index (κ1) is 16.1. The number of benzene rings is 1. The molecule has 122 valence electrons. The highest BCUT2D eigenvalue weighted by Crippen LogP contribution is 2.24. The van der Waals surface area contributed by atoms with E-state index in [1.165, 1.54) is 4.90 Å². The fourth-order valence-corrected chi connectivity index (χ4v) is 2.57. The standard InChI is InChI=1S/C17H15ClN4O2/c1-10-8-15(18)21-17(19-10)22-11(2)20-14(16(22)23)9-12-4-6-13(24-3)7-5-12/h4-9H,1-3H3/b14-9+. The van der Waals surface area contributed by atoms with Crippen molar-refractivity contribution in [3.63, 3.8) is 0 Å². The van der Waals surface area contributed by atoms with Gasteiger partial charge < -0.3 is 4.74 Å². The van der Waals surface area contributed by atoms with Gasteiger partial charge in [0.05, 0.1) is 7.11 Å². The van der Waals surface area contributed by atoms with Gasteiger partial charge in [-0.2, -0.15) is 0 Å². The molecule has 0 saturated heterocycles. The van der Waals surface area contributed by atoms with Crippen LogP contribution in [-0.2, 0) is 4.79 Å². The Morgan fingerprint density at radius 1 is 1.17 bits per heavy atom. The first-order chi connectivity index (χ1) is 11.5. The van der Waals surface area contributed by atoms with Crippen molar-refractivity contribution in [3.8, 4) is 5.75 Å². The summed E-state index contributed by atoms with van der Waals surface area (Å²) in [6.45, 7) is 3.52. The molecule has 2 heterocycles. The van der Waals surface area contributed by atoms with Crippen LogP contribution >= 0.6 is 11.6 Å². The van der Waals surface area contributed by atoms with Gasteiger partial charge in [-0.05, 0) is 43.7 Å². The maximum Gasteiger partial charge on any atom is 0.284 e. The fourth-order valence-electron chi connectivity index (χ4n) is 2.34. The topological polar surface area (TPSA) is 67.7 Å². The van der Waals surface area contributed by atoms with E-state index in [0.29, 0.717) is 17.2 Å². The van der Waals surface area contributed by atoms with Crippen LogP contribution in [0.2, 0.25) is 5.15 Å². The van der Waals surface area contributed by atoms with Crippen LogP contribution < -0.4 is 9.64 Å². The van der Waals surface area contributed by atoms with Crippen molar-refractivity contribution < 1.29 is 9.53 Å². The smallest absolute Gasteiger partial charge is 0.284 e. The number of hydrogen-bond acceptors (Lipinski definition) is 5. The summed E-state index contributed by atoms with van der Waals surface area (Å²) < 4.78 is 5.12. The summed E-state index contributed by atoms with van der Waals surface area (Å²) in [6.07, 6.45) is 1.71. The molecule has 0 bridgehead atoms. The number of methoxy groups -OCH3 is 1. The zero-order valence-electron chi connectivity index (χ0n) is 13.4. The molecule has 3 rings (SSSR count). The van der Waals surface area contributed by atoms with E-state index in [-0.39, 0.29) is 17.0 Å². The van der Waals surface area contributed by atoms with Crippen molar-refractivity contribution in [2.75, 3.05) is 12.0 Å². The summed E-state index contributed by atoms with van der Waals surface area (Å²) >= 11 is 5.96. The van der Waals surface area contributed by atoms with Gasteiger partial charge in [0.1, 0.15) is 22.4 Å². The molecule has 0 radical (unpaired) electrons. The van der Waals surface area contributed by atoms with Gasteiger partial charge in [0.25, 0.3) is 5.91 Å². The van der Waals surface area contributed by atoms with Gasteiger partial charge in [-0.3, -0.25) is 4.79 Å². The molecule has 6 nitrogen and oxygen atoms in total. The molecule has 0 unspecified atom stereocenters. The molecule has 1 aromatic carbocycles. The van der Waals surface area contributed by atoms with Crippen LogP contribution in [-0.4, -0.2) is 28.8 Å². The Bertz CT molecular complexity index is 839. The van der Waals surface area contributed by atoms with Crippen molar-refractivity contribution in [3.05, 3.63) is 52.4 Å². The molecular weight excluding hydrogens is 328 g/mol. The van der Waals surface area contributed by atoms with Gasteiger partial charge in [-0.1, -0.05) is 23.7 Å². The first-order valence-electron chi connectivity index (χ1n) is 7.24. The Morgan fingerprint density at radius 3 is 2.50 bits per heavy atom. The lowest BCUT2D eigenvalue weighted by atomic mass is 10.2. The largest absolute Gasteiger partial charge is 0.497 e. The highest BCUT2D eigenvalue weighted by Gasteiger charge is 2.31. The van der Waals surface area contributed by atoms with Crippen LogP contribution in [0.3, 0.4) is 0 Å². The number of aliphatic imine (C=N–C) groups is 1. The van der Waals surface area contributed by atoms with Gasteiger partial charge in [-0.15, -0.1) is 0 Å². The average molecular weight is 343 g/mol. The zero-order chi connectivity index (χ0) is 17.3. The predicted molar refractivity (Wildman–Crippen MR) is 93.3 cm³/mol. The summed E-state index contributed by atoms with van der Waals surface area (Å²) in [5.74, 6) is 1.19. The number of nitrogens with zero attached hydrogens (tertiary/aromatic N) is 4. The molecule has 1 aliphatic heterocycles. The van der Waals surface area contributed by atoms with E-state index in [2.05, 4.69) is 15.0 Å². The number of aromatic nitrogens is 2. The van der Waals surface area contributed by atoms with E-state index in [1.807, 2.05) is 24.3 Å². The third-order valence-corrected chi connectivity index (χ3v) is 3.65. The maximum atomic E-state index is 12.7. The van der Waals surface area contributed by atoms with Gasteiger partial charge in [-0.25, -0.2) is 19.9 Å². The lowest BCUT2D eigenvalue weighted by Gasteiger charge is -2.14. The molecular formula is C17H15ClN4O2. The molecule has 1 aliphatic rings. The fraction of sp³-hybridized carbons (Fsp3) is 0.176. The van der Waals surface area contributed by atoms with E-state index in [9.17, 15) is 4.79 Å². The molecule has 0 N–H and O–H groups in total. The Kier molecular flexibility index (Phi) is 4.31. The minimum Gasteiger partial charge on any atom is -0.497 e. The number of aryl methyl sites for hydroxylation is 1. The van der Waals surface area contributed by atoms with Crippen molar-refractivity contribution in [1.29, 1.82) is 0 Å². The van der Waals surface area contributed by atoms with Gasteiger partial charge in [0.2, 0.25) is 5.95 Å². The van der Waals surface area contributed by atoms with Crippen molar-refractivity contribution >= 4 is 35.4 Å². The lowest BCUT2D eigenvalue weighted by Crippen LogP contribution is -2.32. The number of rotatable bonds is 3. The Morgan fingerprint density at radius 2 is 1.88 bits per heavy atom. The SMILES string of the molecule is COc1ccc(/C=C2/N=C(C)N(c3nc(C)cc(Cl)n3)C2=O)cc1. The van der Waals surface area contributed by atoms with Crippen LogP contribution in [0.1, 0.15) is 18.2 Å². The third-order valence-electron chi connectivity index (χ3n) is 3.46. The molecule has 0 aliphatic carbocycles. The second-order valence-electron chi connectivity index (χ2n) is 5.23. The number of carbonyl (C=O) groups is 1. The molecule has 0 spiro atoms. The second kappa shape index (κ2) is 6.41. The van der Waals surface area contributed by atoms with Gasteiger partial charge in [0, 0.05) is 5.69 Å². The number of ether oxygens (including phenoxy) is 1. The Balaban J connectivity index is 1.93. The monoisotopic (exact) mass is 342 g/mol. The zero-order valence-corrected chi connectivity index (χ0v) is 14.2. The highest BCUT2D eigenvalue weighted by molar-refractivity contribution is 6.30. The number of halogens is 1. The summed E-state index contributed by atoms with van der Waals surface area (Å²) in [5.41, 5.74) is 1.85. The molecule has 1 aromatic heterocycles. The van der Waals surface area contributed by atoms with Crippen LogP contribution in [0.25, 0.3) is 6.08 Å². The maximum absolute atomic E-state index is 12.7. The summed E-state index contributed by atoms with van der Waals surface area (Å²) in [6, 6.07) is 8.98. The summed E-state index contributed by atoms with van der Waals surface area (Å²) in [5, 5.41) is 0.283. The van der Waals surface area contributed by atoms with Crippen molar-refractivity contribution in [2.24, 2.45) is 4.99 Å². The number of amides is 1. The molecule has 0 fully saturated rings. The van der Waals surface area contributed by atoms with Crippen LogP contribution in [0, 0.1) is 6.92 Å². The highest BCUT2D eigenvalue weighted by atomic mass is 35.5. The van der Waals surface area contributed by atoms with Gasteiger partial charge >= 0.3 is 0 Å². The van der Waals surface area contributed by atoms with Gasteiger partial charge in [0.15, 0.2) is 0 Å². The molecule has 7 heteroatoms. The van der Waals surface area contributed by atoms with Crippen molar-refractivity contribution in [2.45, 2.75) is 13.8 Å². The number of hydrogen-bond donors (Lipinski definition) is 0. The van der Waals surface area contributed by atoms with E-state index in [0.717, 1.165) is 11.3 Å². The van der Waals surface area contributed by atoms with E-state index in [4.69, 9.17) is 16.3 Å². The Hall–Kier alpha value is -2.73. The lowest BCUT2D eigenvalue weighted by molar-refractivity contribution is -0.113. The third kappa shape index (κ3) is 3.14. The molecule has 0 saturated carbocycles. The first-order valence-corrected chi connectivity index (χ1v) is 7.62. The second-order valence-corrected chi connectivity index (χ2v) is 5.62. The molecule has 0 atom stereocenters. The minimum atomic E-state index is -0.287. The predicted octanol–water partition coefficient (Wildman–Crippen LogP) is 3.25. The normalized spacial score (nSPS) is 15.8. The van der Waals surface area contributed by atoms with E-state index < -0.39 is 0 Å². The summed E-state index contributed by atoms with van der Waals surface area (Å²) in [4.78, 5) is 26.7. The molecule has 1 amide bonds.